The smallest absolute Gasteiger partial charge is 0.142 e. The van der Waals surface area contributed by atoms with Gasteiger partial charge in [-0.25, -0.2) is 0 Å². The van der Waals surface area contributed by atoms with E-state index in [0.717, 1.165) is 10.0 Å². The van der Waals surface area contributed by atoms with Crippen LogP contribution in [-0.2, 0) is 4.74 Å². The number of halogens is 1. The van der Waals surface area contributed by atoms with E-state index in [4.69, 9.17) is 14.2 Å². The Bertz CT molecular complexity index is 505. The van der Waals surface area contributed by atoms with E-state index in [2.05, 4.69) is 29.8 Å². The van der Waals surface area contributed by atoms with Crippen molar-refractivity contribution in [2.45, 2.75) is 39.1 Å². The molecule has 5 heteroatoms. The first-order valence-corrected chi connectivity index (χ1v) is 7.95. The van der Waals surface area contributed by atoms with Gasteiger partial charge in [0.25, 0.3) is 0 Å². The van der Waals surface area contributed by atoms with Crippen molar-refractivity contribution in [3.05, 3.63) is 22.2 Å². The zero-order valence-corrected chi connectivity index (χ0v) is 14.7. The molecular weight excluding hydrogens is 336 g/mol. The van der Waals surface area contributed by atoms with Gasteiger partial charge in [-0.3, -0.25) is 0 Å². The van der Waals surface area contributed by atoms with Crippen LogP contribution in [0.5, 0.6) is 11.5 Å². The maximum absolute atomic E-state index is 10.9. The van der Waals surface area contributed by atoms with E-state index < -0.39 is 6.10 Å². The highest BCUT2D eigenvalue weighted by molar-refractivity contribution is 9.10. The third kappa shape index (κ3) is 2.91. The molecule has 4 nitrogen and oxygen atoms in total. The number of aliphatic hydroxyl groups is 1. The number of benzene rings is 1. The summed E-state index contributed by atoms with van der Waals surface area (Å²) in [6, 6.07) is 3.69. The molecule has 0 aliphatic carbocycles. The fourth-order valence-corrected chi connectivity index (χ4v) is 3.88. The lowest BCUT2D eigenvalue weighted by molar-refractivity contribution is 0.0224. The summed E-state index contributed by atoms with van der Waals surface area (Å²) in [5.74, 6) is 1.61. The highest BCUT2D eigenvalue weighted by Crippen LogP contribution is 2.46. The topological polar surface area (TPSA) is 47.9 Å². The molecule has 1 N–H and O–H groups in total. The van der Waals surface area contributed by atoms with Crippen LogP contribution in [-0.4, -0.2) is 31.5 Å². The molecule has 1 fully saturated rings. The maximum Gasteiger partial charge on any atom is 0.142 e. The van der Waals surface area contributed by atoms with Gasteiger partial charge in [0.1, 0.15) is 16.0 Å². The number of rotatable bonds is 4. The molecule has 0 aromatic heterocycles. The monoisotopic (exact) mass is 358 g/mol. The third-order valence-corrected chi connectivity index (χ3v) is 5.27. The fourth-order valence-electron chi connectivity index (χ4n) is 3.20. The number of ether oxygens (including phenoxy) is 3. The Balaban J connectivity index is 2.39. The fraction of sp³-hybridized carbons (Fsp3) is 0.625. The van der Waals surface area contributed by atoms with Gasteiger partial charge in [0, 0.05) is 11.5 Å². The standard InChI is InChI=1S/C16H23BrO4/c1-8-9(2)21-10(3)13(8)15(18)11-6-7-12(19-4)14(17)16(11)20-5/h6-10,13,15,18H,1-5H3. The molecule has 1 aromatic carbocycles. The lowest BCUT2D eigenvalue weighted by Gasteiger charge is -2.27. The zero-order valence-electron chi connectivity index (χ0n) is 13.1. The summed E-state index contributed by atoms with van der Waals surface area (Å²) >= 11 is 3.48. The SMILES string of the molecule is COc1ccc(C(O)C2C(C)OC(C)C2C)c(OC)c1Br. The van der Waals surface area contributed by atoms with Crippen LogP contribution in [0.3, 0.4) is 0 Å². The van der Waals surface area contributed by atoms with Crippen LogP contribution in [0.2, 0.25) is 0 Å². The lowest BCUT2D eigenvalue weighted by atomic mass is 9.82. The molecule has 1 saturated heterocycles. The highest BCUT2D eigenvalue weighted by atomic mass is 79.9. The average molecular weight is 359 g/mol. The van der Waals surface area contributed by atoms with E-state index in [1.807, 2.05) is 19.1 Å². The first-order chi connectivity index (χ1) is 9.92. The first kappa shape index (κ1) is 16.6. The molecule has 0 radical (unpaired) electrons. The molecule has 1 aliphatic rings. The summed E-state index contributed by atoms with van der Waals surface area (Å²) in [5, 5.41) is 10.9. The van der Waals surface area contributed by atoms with Crippen LogP contribution in [0.25, 0.3) is 0 Å². The van der Waals surface area contributed by atoms with Gasteiger partial charge in [0.05, 0.1) is 32.5 Å². The average Bonchev–Trinajstić information content (AvgIpc) is 2.71. The molecule has 2 rings (SSSR count). The minimum atomic E-state index is -0.642. The predicted octanol–water partition coefficient (Wildman–Crippen LogP) is 3.56. The Morgan fingerprint density at radius 3 is 2.29 bits per heavy atom. The molecule has 1 heterocycles. The van der Waals surface area contributed by atoms with Crippen molar-refractivity contribution in [3.8, 4) is 11.5 Å². The van der Waals surface area contributed by atoms with E-state index in [9.17, 15) is 5.11 Å². The van der Waals surface area contributed by atoms with Crippen molar-refractivity contribution in [3.63, 3.8) is 0 Å². The highest BCUT2D eigenvalue weighted by Gasteiger charge is 2.42. The van der Waals surface area contributed by atoms with Crippen molar-refractivity contribution in [1.82, 2.24) is 0 Å². The van der Waals surface area contributed by atoms with Crippen molar-refractivity contribution in [2.24, 2.45) is 11.8 Å². The third-order valence-electron chi connectivity index (χ3n) is 4.52. The van der Waals surface area contributed by atoms with Gasteiger partial charge in [-0.1, -0.05) is 6.92 Å². The largest absolute Gasteiger partial charge is 0.495 e. The van der Waals surface area contributed by atoms with Crippen molar-refractivity contribution in [2.75, 3.05) is 14.2 Å². The summed E-state index contributed by atoms with van der Waals surface area (Å²) in [6.45, 7) is 6.18. The molecule has 0 bridgehead atoms. The van der Waals surface area contributed by atoms with Crippen molar-refractivity contribution in [1.29, 1.82) is 0 Å². The van der Waals surface area contributed by atoms with Crippen LogP contribution >= 0.6 is 15.9 Å². The quantitative estimate of drug-likeness (QED) is 0.893. The second kappa shape index (κ2) is 6.55. The summed E-state index contributed by atoms with van der Waals surface area (Å²) < 4.78 is 17.3. The molecule has 1 aliphatic heterocycles. The van der Waals surface area contributed by atoms with E-state index in [1.54, 1.807) is 14.2 Å². The zero-order chi connectivity index (χ0) is 15.7. The predicted molar refractivity (Wildman–Crippen MR) is 84.9 cm³/mol. The van der Waals surface area contributed by atoms with Gasteiger partial charge in [0.2, 0.25) is 0 Å². The van der Waals surface area contributed by atoms with Crippen molar-refractivity contribution >= 4 is 15.9 Å². The van der Waals surface area contributed by atoms with Gasteiger partial charge < -0.3 is 19.3 Å². The molecule has 0 amide bonds. The van der Waals surface area contributed by atoms with E-state index >= 15 is 0 Å². The van der Waals surface area contributed by atoms with Gasteiger partial charge in [-0.2, -0.15) is 0 Å². The Morgan fingerprint density at radius 2 is 1.81 bits per heavy atom. The number of hydrogen-bond acceptors (Lipinski definition) is 4. The minimum Gasteiger partial charge on any atom is -0.495 e. The molecule has 21 heavy (non-hydrogen) atoms. The molecule has 5 atom stereocenters. The van der Waals surface area contributed by atoms with Gasteiger partial charge in [-0.05, 0) is 47.8 Å². The second-order valence-electron chi connectivity index (χ2n) is 5.63. The van der Waals surface area contributed by atoms with Gasteiger partial charge in [-0.15, -0.1) is 0 Å². The van der Waals surface area contributed by atoms with Crippen molar-refractivity contribution < 1.29 is 19.3 Å². The van der Waals surface area contributed by atoms with Gasteiger partial charge >= 0.3 is 0 Å². The Hall–Kier alpha value is -0.780. The molecular formula is C16H23BrO4. The van der Waals surface area contributed by atoms with E-state index in [-0.39, 0.29) is 24.0 Å². The van der Waals surface area contributed by atoms with Crippen LogP contribution in [0.1, 0.15) is 32.4 Å². The summed E-state index contributed by atoms with van der Waals surface area (Å²) in [7, 11) is 3.20. The number of methoxy groups -OCH3 is 2. The summed E-state index contributed by atoms with van der Waals surface area (Å²) in [5.41, 5.74) is 0.756. The summed E-state index contributed by atoms with van der Waals surface area (Å²) in [6.07, 6.45) is -0.486. The minimum absolute atomic E-state index is 0.00980. The molecule has 0 spiro atoms. The van der Waals surface area contributed by atoms with Crippen LogP contribution < -0.4 is 9.47 Å². The van der Waals surface area contributed by atoms with Crippen LogP contribution in [0.4, 0.5) is 0 Å². The normalized spacial score (nSPS) is 30.2. The lowest BCUT2D eigenvalue weighted by Crippen LogP contribution is -2.25. The van der Waals surface area contributed by atoms with E-state index in [0.29, 0.717) is 11.5 Å². The number of aliphatic hydroxyl groups excluding tert-OH is 1. The molecule has 1 aromatic rings. The van der Waals surface area contributed by atoms with Crippen LogP contribution in [0, 0.1) is 11.8 Å². The van der Waals surface area contributed by atoms with E-state index in [1.165, 1.54) is 0 Å². The summed E-state index contributed by atoms with van der Waals surface area (Å²) in [4.78, 5) is 0. The Labute approximate surface area is 134 Å². The number of hydrogen-bond donors (Lipinski definition) is 1. The molecule has 118 valence electrons. The van der Waals surface area contributed by atoms with Gasteiger partial charge in [0.15, 0.2) is 0 Å². The Morgan fingerprint density at radius 1 is 1.14 bits per heavy atom. The molecule has 5 unspecified atom stereocenters. The second-order valence-corrected chi connectivity index (χ2v) is 6.42. The first-order valence-electron chi connectivity index (χ1n) is 7.16. The molecule has 0 saturated carbocycles. The van der Waals surface area contributed by atoms with Crippen LogP contribution in [0.15, 0.2) is 16.6 Å². The Kier molecular flexibility index (Phi) is 5.17. The maximum atomic E-state index is 10.9.